The molecule has 2 atom stereocenters. The maximum absolute atomic E-state index is 11.2. The molecule has 0 saturated carbocycles. The molecule has 5 heteroatoms. The van der Waals surface area contributed by atoms with Gasteiger partial charge in [0.15, 0.2) is 0 Å². The Morgan fingerprint density at radius 3 is 3.14 bits per heavy atom. The number of carbonyl (C=O) groups is 1. The van der Waals surface area contributed by atoms with Crippen molar-refractivity contribution in [2.24, 2.45) is 0 Å². The van der Waals surface area contributed by atoms with Gasteiger partial charge in [-0.25, -0.2) is 0 Å². The van der Waals surface area contributed by atoms with Crippen LogP contribution in [0.15, 0.2) is 0 Å². The summed E-state index contributed by atoms with van der Waals surface area (Å²) in [5, 5.41) is 6.10. The first kappa shape index (κ1) is 11.7. The van der Waals surface area contributed by atoms with E-state index in [1.54, 1.807) is 6.26 Å². The van der Waals surface area contributed by atoms with Crippen molar-refractivity contribution in [1.82, 2.24) is 10.6 Å². The number of carbonyl (C=O) groups excluding carboxylic acids is 1. The molecule has 0 aromatic carbocycles. The van der Waals surface area contributed by atoms with Crippen molar-refractivity contribution in [2.75, 3.05) is 25.1 Å². The van der Waals surface area contributed by atoms with E-state index in [9.17, 15) is 9.00 Å². The molecule has 1 aliphatic rings. The molecule has 0 spiro atoms. The standard InChI is InChI=1S/C9H18N2O2S/c1-14(13)6-5-10-8-3-2-4-11-9(12)7-8/h8,10H,2-7H2,1H3,(H,11,12). The van der Waals surface area contributed by atoms with E-state index in [4.69, 9.17) is 0 Å². The predicted octanol–water partition coefficient (Wildman–Crippen LogP) is -0.377. The van der Waals surface area contributed by atoms with Crippen molar-refractivity contribution < 1.29 is 9.00 Å². The highest BCUT2D eigenvalue weighted by Gasteiger charge is 2.16. The summed E-state index contributed by atoms with van der Waals surface area (Å²) in [6.45, 7) is 1.53. The van der Waals surface area contributed by atoms with Crippen LogP contribution in [0.25, 0.3) is 0 Å². The van der Waals surface area contributed by atoms with E-state index in [2.05, 4.69) is 10.6 Å². The third kappa shape index (κ3) is 4.72. The average molecular weight is 218 g/mol. The molecule has 0 aromatic rings. The summed E-state index contributed by atoms with van der Waals surface area (Å²) in [4.78, 5) is 11.2. The third-order valence-corrected chi connectivity index (χ3v) is 3.08. The van der Waals surface area contributed by atoms with Crippen LogP contribution in [0.5, 0.6) is 0 Å². The first-order valence-corrected chi connectivity index (χ1v) is 6.71. The van der Waals surface area contributed by atoms with Gasteiger partial charge in [0.1, 0.15) is 0 Å². The maximum atomic E-state index is 11.2. The van der Waals surface area contributed by atoms with Crippen molar-refractivity contribution in [3.63, 3.8) is 0 Å². The summed E-state index contributed by atoms with van der Waals surface area (Å²) in [5.41, 5.74) is 0. The lowest BCUT2D eigenvalue weighted by atomic mass is 10.1. The van der Waals surface area contributed by atoms with Gasteiger partial charge in [-0.05, 0) is 12.8 Å². The first-order valence-electron chi connectivity index (χ1n) is 4.98. The highest BCUT2D eigenvalue weighted by atomic mass is 32.2. The zero-order valence-corrected chi connectivity index (χ0v) is 9.36. The normalized spacial score (nSPS) is 25.2. The Bertz CT molecular complexity index is 221. The molecule has 1 aliphatic heterocycles. The lowest BCUT2D eigenvalue weighted by Crippen LogP contribution is -2.34. The van der Waals surface area contributed by atoms with E-state index in [0.29, 0.717) is 12.2 Å². The monoisotopic (exact) mass is 218 g/mol. The van der Waals surface area contributed by atoms with Crippen LogP contribution in [0.3, 0.4) is 0 Å². The lowest BCUT2D eigenvalue weighted by Gasteiger charge is -2.14. The molecule has 1 rings (SSSR count). The van der Waals surface area contributed by atoms with Gasteiger partial charge in [-0.3, -0.25) is 9.00 Å². The van der Waals surface area contributed by atoms with Crippen molar-refractivity contribution in [1.29, 1.82) is 0 Å². The Hall–Kier alpha value is -0.420. The summed E-state index contributed by atoms with van der Waals surface area (Å²) in [6.07, 6.45) is 4.30. The molecule has 0 aliphatic carbocycles. The van der Waals surface area contributed by atoms with Crippen LogP contribution in [0, 0.1) is 0 Å². The third-order valence-electron chi connectivity index (χ3n) is 2.31. The zero-order chi connectivity index (χ0) is 10.4. The minimum atomic E-state index is -0.746. The average Bonchev–Trinajstić information content (AvgIpc) is 2.29. The van der Waals surface area contributed by atoms with Gasteiger partial charge in [0.25, 0.3) is 0 Å². The van der Waals surface area contributed by atoms with Gasteiger partial charge in [0.05, 0.1) is 0 Å². The summed E-state index contributed by atoms with van der Waals surface area (Å²) < 4.78 is 10.8. The predicted molar refractivity (Wildman–Crippen MR) is 57.6 cm³/mol. The maximum Gasteiger partial charge on any atom is 0.221 e. The Balaban J connectivity index is 2.21. The van der Waals surface area contributed by atoms with E-state index in [1.807, 2.05) is 0 Å². The van der Waals surface area contributed by atoms with Gasteiger partial charge in [-0.2, -0.15) is 0 Å². The smallest absolute Gasteiger partial charge is 0.221 e. The van der Waals surface area contributed by atoms with E-state index >= 15 is 0 Å². The SMILES string of the molecule is CS(=O)CCNC1CCCNC(=O)C1. The molecule has 1 saturated heterocycles. The van der Waals surface area contributed by atoms with Crippen LogP contribution >= 0.6 is 0 Å². The molecule has 82 valence electrons. The molecular formula is C9H18N2O2S. The first-order chi connectivity index (χ1) is 6.68. The summed E-state index contributed by atoms with van der Waals surface area (Å²) in [5.74, 6) is 0.788. The molecule has 2 N–H and O–H groups in total. The van der Waals surface area contributed by atoms with Crippen LogP contribution in [0.4, 0.5) is 0 Å². The van der Waals surface area contributed by atoms with Crippen molar-refractivity contribution in [3.8, 4) is 0 Å². The molecule has 0 bridgehead atoms. The minimum absolute atomic E-state index is 0.123. The second kappa shape index (κ2) is 6.14. The van der Waals surface area contributed by atoms with Crippen molar-refractivity contribution in [3.05, 3.63) is 0 Å². The minimum Gasteiger partial charge on any atom is -0.356 e. The molecule has 1 fully saturated rings. The number of rotatable bonds is 4. The molecule has 0 radical (unpaired) electrons. The number of nitrogens with one attached hydrogen (secondary N) is 2. The summed E-state index contributed by atoms with van der Waals surface area (Å²) in [7, 11) is -0.746. The molecule has 1 amide bonds. The van der Waals surface area contributed by atoms with Crippen LogP contribution in [0.1, 0.15) is 19.3 Å². The van der Waals surface area contributed by atoms with Crippen LogP contribution in [-0.2, 0) is 15.6 Å². The summed E-state index contributed by atoms with van der Waals surface area (Å²) in [6, 6.07) is 0.265. The number of hydrogen-bond donors (Lipinski definition) is 2. The Morgan fingerprint density at radius 1 is 1.64 bits per heavy atom. The topological polar surface area (TPSA) is 58.2 Å². The van der Waals surface area contributed by atoms with E-state index < -0.39 is 10.8 Å². The number of hydrogen-bond acceptors (Lipinski definition) is 3. The molecule has 2 unspecified atom stereocenters. The van der Waals surface area contributed by atoms with Crippen LogP contribution in [-0.4, -0.2) is 41.3 Å². The van der Waals surface area contributed by atoms with E-state index in [0.717, 1.165) is 25.9 Å². The molecule has 4 nitrogen and oxygen atoms in total. The van der Waals surface area contributed by atoms with Gasteiger partial charge in [-0.1, -0.05) is 0 Å². The summed E-state index contributed by atoms with van der Waals surface area (Å²) >= 11 is 0. The van der Waals surface area contributed by atoms with Gasteiger partial charge in [0, 0.05) is 48.4 Å². The fraction of sp³-hybridized carbons (Fsp3) is 0.889. The zero-order valence-electron chi connectivity index (χ0n) is 8.54. The fourth-order valence-electron chi connectivity index (χ4n) is 1.56. The highest BCUT2D eigenvalue weighted by Crippen LogP contribution is 2.05. The lowest BCUT2D eigenvalue weighted by molar-refractivity contribution is -0.121. The van der Waals surface area contributed by atoms with Gasteiger partial charge in [-0.15, -0.1) is 0 Å². The quantitative estimate of drug-likeness (QED) is 0.676. The van der Waals surface area contributed by atoms with Crippen molar-refractivity contribution >= 4 is 16.7 Å². The Labute approximate surface area is 87.3 Å². The second-order valence-electron chi connectivity index (χ2n) is 3.62. The molecular weight excluding hydrogens is 200 g/mol. The molecule has 1 heterocycles. The van der Waals surface area contributed by atoms with E-state index in [-0.39, 0.29) is 11.9 Å². The van der Waals surface area contributed by atoms with Crippen molar-refractivity contribution in [2.45, 2.75) is 25.3 Å². The van der Waals surface area contributed by atoms with Gasteiger partial charge >= 0.3 is 0 Å². The second-order valence-corrected chi connectivity index (χ2v) is 5.18. The van der Waals surface area contributed by atoms with Gasteiger partial charge < -0.3 is 10.6 Å². The Morgan fingerprint density at radius 2 is 2.43 bits per heavy atom. The molecule has 0 aromatic heterocycles. The highest BCUT2D eigenvalue weighted by molar-refractivity contribution is 7.84. The van der Waals surface area contributed by atoms with Crippen LogP contribution in [0.2, 0.25) is 0 Å². The van der Waals surface area contributed by atoms with Gasteiger partial charge in [0.2, 0.25) is 5.91 Å². The van der Waals surface area contributed by atoms with Crippen LogP contribution < -0.4 is 10.6 Å². The fourth-order valence-corrected chi connectivity index (χ4v) is 1.96. The largest absolute Gasteiger partial charge is 0.356 e. The number of amides is 1. The molecule has 14 heavy (non-hydrogen) atoms. The van der Waals surface area contributed by atoms with E-state index in [1.165, 1.54) is 0 Å². The Kier molecular flexibility index (Phi) is 5.11.